The monoisotopic (exact) mass is 181 g/mol. The average Bonchev–Trinajstić information content (AvgIpc) is 2.12. The number of hydrogen-bond donors (Lipinski definition) is 4. The van der Waals surface area contributed by atoms with Crippen LogP contribution in [0.3, 0.4) is 0 Å². The van der Waals surface area contributed by atoms with E-state index < -0.39 is 31.1 Å². The molecule has 0 saturated carbocycles. The Morgan fingerprint density at radius 2 is 1.67 bits per heavy atom. The number of halogens is 1. The summed E-state index contributed by atoms with van der Waals surface area (Å²) in [6, 6.07) is 0. The van der Waals surface area contributed by atoms with E-state index in [0.29, 0.717) is 0 Å². The molecular formula is C6H11FO5. The van der Waals surface area contributed by atoms with Crippen LogP contribution in [-0.4, -0.2) is 57.8 Å². The number of alkyl halides is 1. The lowest BCUT2D eigenvalue weighted by molar-refractivity contribution is -0.134. The van der Waals surface area contributed by atoms with Gasteiger partial charge in [0.25, 0.3) is 0 Å². The fraction of sp³-hybridized carbons (Fsp3) is 0.833. The molecule has 0 aliphatic carbocycles. The van der Waals surface area contributed by atoms with Crippen LogP contribution in [-0.2, 0) is 4.79 Å². The summed E-state index contributed by atoms with van der Waals surface area (Å²) in [5.41, 5.74) is 0. The molecule has 0 aliphatic heterocycles. The second-order valence-electron chi connectivity index (χ2n) is 2.33. The molecule has 4 N–H and O–H groups in total. The van der Waals surface area contributed by atoms with E-state index in [1.54, 1.807) is 0 Å². The standard InChI is InChI=1S/C6H11FO5/c7-1-3(9)5(11)6(12)4(10)2-8/h2-6,9-12H,1H2/t3-,4-,5-,6-/m1/s1/i7-1. The molecule has 0 radical (unpaired) electrons. The first kappa shape index (κ1) is 11.4. The Bertz CT molecular complexity index is 142. The molecule has 0 aliphatic rings. The Hall–Kier alpha value is -0.560. The van der Waals surface area contributed by atoms with Crippen molar-refractivity contribution in [1.82, 2.24) is 0 Å². The highest BCUT2D eigenvalue weighted by atomic mass is 18.2. The number of aliphatic hydroxyl groups is 4. The summed E-state index contributed by atoms with van der Waals surface area (Å²) in [6.07, 6.45) is -7.36. The Morgan fingerprint density at radius 1 is 1.17 bits per heavy atom. The molecule has 12 heavy (non-hydrogen) atoms. The minimum Gasteiger partial charge on any atom is -0.388 e. The van der Waals surface area contributed by atoms with E-state index in [1.165, 1.54) is 0 Å². The zero-order valence-corrected chi connectivity index (χ0v) is 6.17. The Balaban J connectivity index is 4.07. The molecule has 0 fully saturated rings. The van der Waals surface area contributed by atoms with E-state index in [9.17, 15) is 9.18 Å². The van der Waals surface area contributed by atoms with Crippen LogP contribution in [0.2, 0.25) is 0 Å². The topological polar surface area (TPSA) is 98.0 Å². The lowest BCUT2D eigenvalue weighted by Gasteiger charge is -2.21. The van der Waals surface area contributed by atoms with Crippen molar-refractivity contribution < 1.29 is 29.6 Å². The first-order valence-corrected chi connectivity index (χ1v) is 3.28. The second-order valence-corrected chi connectivity index (χ2v) is 2.33. The largest absolute Gasteiger partial charge is 0.388 e. The van der Waals surface area contributed by atoms with Gasteiger partial charge in [0.15, 0.2) is 6.29 Å². The fourth-order valence-corrected chi connectivity index (χ4v) is 0.601. The van der Waals surface area contributed by atoms with Crippen LogP contribution >= 0.6 is 0 Å². The maximum absolute atomic E-state index is 11.7. The number of aliphatic hydroxyl groups excluding tert-OH is 4. The fourth-order valence-electron chi connectivity index (χ4n) is 0.601. The third kappa shape index (κ3) is 2.82. The molecule has 72 valence electrons. The molecule has 0 saturated heterocycles. The van der Waals surface area contributed by atoms with Crippen molar-refractivity contribution in [3.05, 3.63) is 0 Å². The zero-order chi connectivity index (χ0) is 9.72. The highest BCUT2D eigenvalue weighted by Crippen LogP contribution is 2.04. The summed E-state index contributed by atoms with van der Waals surface area (Å²) in [5.74, 6) is 0. The van der Waals surface area contributed by atoms with Crippen molar-refractivity contribution in [2.24, 2.45) is 0 Å². The smallest absolute Gasteiger partial charge is 0.151 e. The van der Waals surface area contributed by atoms with Crippen LogP contribution in [0, 0.1) is 0 Å². The Labute approximate surface area is 68.1 Å². The summed E-state index contributed by atoms with van der Waals surface area (Å²) in [7, 11) is 0. The molecule has 0 bridgehead atoms. The molecule has 0 aromatic carbocycles. The average molecular weight is 181 g/mol. The van der Waals surface area contributed by atoms with Crippen LogP contribution in [0.5, 0.6) is 0 Å². The molecule has 0 unspecified atom stereocenters. The van der Waals surface area contributed by atoms with Crippen LogP contribution in [0.4, 0.5) is 4.39 Å². The molecule has 0 aromatic heterocycles. The summed E-state index contributed by atoms with van der Waals surface area (Å²) in [6.45, 7) is -1.26. The van der Waals surface area contributed by atoms with Gasteiger partial charge in [0, 0.05) is 0 Å². The first-order chi connectivity index (χ1) is 5.54. The molecule has 0 amide bonds. The summed E-state index contributed by atoms with van der Waals surface area (Å²) in [5, 5.41) is 34.9. The summed E-state index contributed by atoms with van der Waals surface area (Å²) < 4.78 is 11.7. The number of rotatable bonds is 5. The predicted octanol–water partition coefficient (Wildman–Crippen LogP) is -2.40. The van der Waals surface area contributed by atoms with Crippen LogP contribution in [0.25, 0.3) is 0 Å². The quantitative estimate of drug-likeness (QED) is 0.354. The van der Waals surface area contributed by atoms with E-state index in [4.69, 9.17) is 20.4 Å². The van der Waals surface area contributed by atoms with Gasteiger partial charge in [-0.15, -0.1) is 0 Å². The van der Waals surface area contributed by atoms with E-state index in [1.807, 2.05) is 0 Å². The normalized spacial score (nSPS) is 21.1. The number of hydrogen-bond acceptors (Lipinski definition) is 5. The van der Waals surface area contributed by atoms with Gasteiger partial charge >= 0.3 is 0 Å². The van der Waals surface area contributed by atoms with Gasteiger partial charge in [-0.3, -0.25) is 0 Å². The van der Waals surface area contributed by atoms with Gasteiger partial charge in [-0.25, -0.2) is 4.39 Å². The summed E-state index contributed by atoms with van der Waals surface area (Å²) >= 11 is 0. The van der Waals surface area contributed by atoms with Crippen molar-refractivity contribution in [2.75, 3.05) is 6.67 Å². The third-order valence-corrected chi connectivity index (χ3v) is 1.39. The predicted molar refractivity (Wildman–Crippen MR) is 36.1 cm³/mol. The molecule has 0 rings (SSSR count). The van der Waals surface area contributed by atoms with Crippen molar-refractivity contribution in [2.45, 2.75) is 24.4 Å². The van der Waals surface area contributed by atoms with Crippen LogP contribution in [0.15, 0.2) is 0 Å². The van der Waals surface area contributed by atoms with Gasteiger partial charge in [-0.2, -0.15) is 0 Å². The van der Waals surface area contributed by atoms with E-state index in [0.717, 1.165) is 0 Å². The van der Waals surface area contributed by atoms with Crippen molar-refractivity contribution in [1.29, 1.82) is 0 Å². The van der Waals surface area contributed by atoms with Gasteiger partial charge in [0.1, 0.15) is 31.1 Å². The zero-order valence-electron chi connectivity index (χ0n) is 6.17. The van der Waals surface area contributed by atoms with Gasteiger partial charge in [-0.05, 0) is 0 Å². The minimum atomic E-state index is -1.87. The van der Waals surface area contributed by atoms with Crippen molar-refractivity contribution in [3.63, 3.8) is 0 Å². The molecule has 5 nitrogen and oxygen atoms in total. The van der Waals surface area contributed by atoms with Gasteiger partial charge in [0.2, 0.25) is 0 Å². The second kappa shape index (κ2) is 5.15. The lowest BCUT2D eigenvalue weighted by Crippen LogP contribution is -2.45. The number of carbonyl (C=O) groups is 1. The molecule has 4 atom stereocenters. The first-order valence-electron chi connectivity index (χ1n) is 3.28. The van der Waals surface area contributed by atoms with E-state index in [2.05, 4.69) is 0 Å². The van der Waals surface area contributed by atoms with Gasteiger partial charge in [-0.1, -0.05) is 0 Å². The molecule has 0 spiro atoms. The minimum absolute atomic E-state index is 0.0150. The maximum Gasteiger partial charge on any atom is 0.151 e. The van der Waals surface area contributed by atoms with E-state index in [-0.39, 0.29) is 6.29 Å². The molecule has 0 heterocycles. The van der Waals surface area contributed by atoms with Gasteiger partial charge in [0.05, 0.1) is 0 Å². The Kier molecular flexibility index (Phi) is 4.91. The molecular weight excluding hydrogens is 170 g/mol. The van der Waals surface area contributed by atoms with Crippen LogP contribution in [0.1, 0.15) is 0 Å². The number of carbonyl (C=O) groups excluding carboxylic acids is 1. The summed E-state index contributed by atoms with van der Waals surface area (Å²) in [4.78, 5) is 9.87. The number of aldehydes is 1. The van der Waals surface area contributed by atoms with Gasteiger partial charge < -0.3 is 25.2 Å². The molecule has 6 heteroatoms. The van der Waals surface area contributed by atoms with Crippen molar-refractivity contribution >= 4 is 6.29 Å². The van der Waals surface area contributed by atoms with Crippen molar-refractivity contribution in [3.8, 4) is 0 Å². The van der Waals surface area contributed by atoms with E-state index >= 15 is 0 Å². The lowest BCUT2D eigenvalue weighted by atomic mass is 10.0. The SMILES string of the molecule is O=C[C@@H](O)[C@@H](O)[C@H](O)[C@H](O)C[18F]. The third-order valence-electron chi connectivity index (χ3n) is 1.39. The highest BCUT2D eigenvalue weighted by Gasteiger charge is 2.29. The maximum atomic E-state index is 11.7. The highest BCUT2D eigenvalue weighted by molar-refractivity contribution is 5.56. The molecule has 0 aromatic rings. The Morgan fingerprint density at radius 3 is 2.00 bits per heavy atom. The van der Waals surface area contributed by atoms with Crippen LogP contribution < -0.4 is 0 Å².